The molecule has 86 valence electrons. The summed E-state index contributed by atoms with van der Waals surface area (Å²) < 4.78 is 5.21. The Bertz CT molecular complexity index is 362. The van der Waals surface area contributed by atoms with Crippen LogP contribution < -0.4 is 0 Å². The maximum Gasteiger partial charge on any atom is 0.312 e. The van der Waals surface area contributed by atoms with Gasteiger partial charge >= 0.3 is 5.97 Å². The first-order valence-electron chi connectivity index (χ1n) is 5.45. The molecular weight excluding hydrogens is 200 g/mol. The molecule has 2 nitrogen and oxygen atoms in total. The minimum atomic E-state index is -0.176. The summed E-state index contributed by atoms with van der Waals surface area (Å²) in [6, 6.07) is 9.69. The number of benzene rings is 1. The van der Waals surface area contributed by atoms with E-state index in [0.29, 0.717) is 6.61 Å². The topological polar surface area (TPSA) is 26.3 Å². The van der Waals surface area contributed by atoms with Crippen molar-refractivity contribution in [2.75, 3.05) is 0 Å². The van der Waals surface area contributed by atoms with Crippen LogP contribution in [0.5, 0.6) is 0 Å². The molecule has 0 saturated carbocycles. The fourth-order valence-electron chi connectivity index (χ4n) is 1.43. The molecule has 0 radical (unpaired) electrons. The van der Waals surface area contributed by atoms with Crippen LogP contribution >= 0.6 is 0 Å². The van der Waals surface area contributed by atoms with E-state index in [4.69, 9.17) is 4.74 Å². The van der Waals surface area contributed by atoms with E-state index in [1.807, 2.05) is 57.2 Å². The Balaban J connectivity index is 2.44. The maximum atomic E-state index is 11.6. The Kier molecular flexibility index (Phi) is 4.77. The molecule has 1 aromatic rings. The van der Waals surface area contributed by atoms with Crippen molar-refractivity contribution < 1.29 is 9.53 Å². The zero-order chi connectivity index (χ0) is 12.0. The highest BCUT2D eigenvalue weighted by Gasteiger charge is 2.11. The standard InChI is InChI=1S/C14H18O2/c1-11(2)9-12(3)14(15)16-10-13-7-5-4-6-8-13/h4-9,12H,10H2,1-3H3/t12-/m0/s1. The Morgan fingerprint density at radius 1 is 1.31 bits per heavy atom. The van der Waals surface area contributed by atoms with Crippen LogP contribution in [0.2, 0.25) is 0 Å². The van der Waals surface area contributed by atoms with E-state index < -0.39 is 0 Å². The number of rotatable bonds is 4. The molecule has 1 atom stereocenters. The first-order chi connectivity index (χ1) is 7.59. The highest BCUT2D eigenvalue weighted by Crippen LogP contribution is 2.07. The van der Waals surface area contributed by atoms with Crippen LogP contribution in [0.3, 0.4) is 0 Å². The predicted molar refractivity (Wildman–Crippen MR) is 64.8 cm³/mol. The number of carbonyl (C=O) groups excluding carboxylic acids is 1. The van der Waals surface area contributed by atoms with Crippen LogP contribution in [0, 0.1) is 5.92 Å². The van der Waals surface area contributed by atoms with E-state index in [2.05, 4.69) is 0 Å². The highest BCUT2D eigenvalue weighted by molar-refractivity contribution is 5.74. The van der Waals surface area contributed by atoms with Crippen LogP contribution in [-0.2, 0) is 16.1 Å². The molecule has 0 saturated heterocycles. The Labute approximate surface area is 96.9 Å². The van der Waals surface area contributed by atoms with Crippen LogP contribution in [-0.4, -0.2) is 5.97 Å². The average Bonchev–Trinajstić information content (AvgIpc) is 2.26. The third kappa shape index (κ3) is 4.30. The Hall–Kier alpha value is -1.57. The quantitative estimate of drug-likeness (QED) is 0.572. The molecule has 1 rings (SSSR count). The molecule has 0 amide bonds. The molecule has 0 fully saturated rings. The predicted octanol–water partition coefficient (Wildman–Crippen LogP) is 3.33. The van der Waals surface area contributed by atoms with Gasteiger partial charge in [0.2, 0.25) is 0 Å². The summed E-state index contributed by atoms with van der Waals surface area (Å²) in [5.41, 5.74) is 2.14. The summed E-state index contributed by atoms with van der Waals surface area (Å²) in [6.45, 7) is 6.14. The molecule has 2 heteroatoms. The second-order valence-corrected chi connectivity index (χ2v) is 4.13. The molecule has 0 aliphatic carbocycles. The molecule has 0 aliphatic heterocycles. The average molecular weight is 218 g/mol. The monoisotopic (exact) mass is 218 g/mol. The molecule has 0 heterocycles. The van der Waals surface area contributed by atoms with Gasteiger partial charge in [-0.05, 0) is 26.3 Å². The van der Waals surface area contributed by atoms with Crippen LogP contribution in [0.25, 0.3) is 0 Å². The fourth-order valence-corrected chi connectivity index (χ4v) is 1.43. The van der Waals surface area contributed by atoms with Gasteiger partial charge < -0.3 is 4.74 Å². The molecule has 0 N–H and O–H groups in total. The van der Waals surface area contributed by atoms with Crippen LogP contribution in [0.15, 0.2) is 42.0 Å². The Morgan fingerprint density at radius 3 is 2.50 bits per heavy atom. The van der Waals surface area contributed by atoms with Crippen molar-refractivity contribution in [2.45, 2.75) is 27.4 Å². The fraction of sp³-hybridized carbons (Fsp3) is 0.357. The highest BCUT2D eigenvalue weighted by atomic mass is 16.5. The van der Waals surface area contributed by atoms with Crippen molar-refractivity contribution in [3.8, 4) is 0 Å². The van der Waals surface area contributed by atoms with Crippen LogP contribution in [0.4, 0.5) is 0 Å². The van der Waals surface area contributed by atoms with Gasteiger partial charge in [0.25, 0.3) is 0 Å². The van der Waals surface area contributed by atoms with E-state index in [1.165, 1.54) is 0 Å². The Morgan fingerprint density at radius 2 is 1.94 bits per heavy atom. The smallest absolute Gasteiger partial charge is 0.312 e. The molecule has 0 spiro atoms. The number of ether oxygens (including phenoxy) is 1. The first-order valence-corrected chi connectivity index (χ1v) is 5.45. The van der Waals surface area contributed by atoms with Crippen molar-refractivity contribution in [2.24, 2.45) is 5.92 Å². The van der Waals surface area contributed by atoms with E-state index in [1.54, 1.807) is 0 Å². The lowest BCUT2D eigenvalue weighted by atomic mass is 10.1. The summed E-state index contributed by atoms with van der Waals surface area (Å²) in [5.74, 6) is -0.348. The molecule has 0 unspecified atom stereocenters. The zero-order valence-corrected chi connectivity index (χ0v) is 10.1. The lowest BCUT2D eigenvalue weighted by Gasteiger charge is -2.08. The molecule has 0 aliphatic rings. The largest absolute Gasteiger partial charge is 0.460 e. The van der Waals surface area contributed by atoms with Gasteiger partial charge in [-0.2, -0.15) is 0 Å². The lowest BCUT2D eigenvalue weighted by Crippen LogP contribution is -2.12. The normalized spacial score (nSPS) is 11.7. The number of allylic oxidation sites excluding steroid dienone is 1. The minimum absolute atomic E-state index is 0.172. The van der Waals surface area contributed by atoms with E-state index in [9.17, 15) is 4.79 Å². The van der Waals surface area contributed by atoms with E-state index in [-0.39, 0.29) is 11.9 Å². The van der Waals surface area contributed by atoms with E-state index >= 15 is 0 Å². The zero-order valence-electron chi connectivity index (χ0n) is 10.1. The molecule has 0 aromatic heterocycles. The number of carbonyl (C=O) groups is 1. The van der Waals surface area contributed by atoms with Gasteiger partial charge in [0.15, 0.2) is 0 Å². The van der Waals surface area contributed by atoms with Gasteiger partial charge in [0, 0.05) is 0 Å². The third-order valence-electron chi connectivity index (χ3n) is 2.18. The number of hydrogen-bond donors (Lipinski definition) is 0. The summed E-state index contributed by atoms with van der Waals surface area (Å²) in [4.78, 5) is 11.6. The first kappa shape index (κ1) is 12.5. The van der Waals surface area contributed by atoms with Gasteiger partial charge in [0.05, 0.1) is 5.92 Å². The minimum Gasteiger partial charge on any atom is -0.460 e. The maximum absolute atomic E-state index is 11.6. The summed E-state index contributed by atoms with van der Waals surface area (Å²) in [5, 5.41) is 0. The lowest BCUT2D eigenvalue weighted by molar-refractivity contribution is -0.147. The summed E-state index contributed by atoms with van der Waals surface area (Å²) in [6.07, 6.45) is 1.91. The number of hydrogen-bond acceptors (Lipinski definition) is 2. The van der Waals surface area contributed by atoms with Gasteiger partial charge in [-0.1, -0.05) is 42.0 Å². The van der Waals surface area contributed by atoms with Crippen molar-refractivity contribution in [3.05, 3.63) is 47.5 Å². The molecule has 16 heavy (non-hydrogen) atoms. The number of esters is 1. The summed E-state index contributed by atoms with van der Waals surface area (Å²) in [7, 11) is 0. The summed E-state index contributed by atoms with van der Waals surface area (Å²) >= 11 is 0. The molecule has 1 aromatic carbocycles. The van der Waals surface area contributed by atoms with Crippen molar-refractivity contribution in [1.29, 1.82) is 0 Å². The van der Waals surface area contributed by atoms with Gasteiger partial charge in [0.1, 0.15) is 6.61 Å². The van der Waals surface area contributed by atoms with Crippen molar-refractivity contribution in [3.63, 3.8) is 0 Å². The van der Waals surface area contributed by atoms with Gasteiger partial charge in [-0.3, -0.25) is 4.79 Å². The van der Waals surface area contributed by atoms with Crippen molar-refractivity contribution in [1.82, 2.24) is 0 Å². The third-order valence-corrected chi connectivity index (χ3v) is 2.18. The molecular formula is C14H18O2. The second-order valence-electron chi connectivity index (χ2n) is 4.13. The van der Waals surface area contributed by atoms with Crippen molar-refractivity contribution >= 4 is 5.97 Å². The molecule has 0 bridgehead atoms. The SMILES string of the molecule is CC(C)=C[C@H](C)C(=O)OCc1ccccc1. The van der Waals surface area contributed by atoms with Gasteiger partial charge in [-0.15, -0.1) is 0 Å². The van der Waals surface area contributed by atoms with E-state index in [0.717, 1.165) is 11.1 Å². The second kappa shape index (κ2) is 6.11. The van der Waals surface area contributed by atoms with Gasteiger partial charge in [-0.25, -0.2) is 0 Å². The van der Waals surface area contributed by atoms with Crippen LogP contribution in [0.1, 0.15) is 26.3 Å².